The summed E-state index contributed by atoms with van der Waals surface area (Å²) < 4.78 is 24.3. The average molecular weight is 267 g/mol. The average Bonchev–Trinajstić information content (AvgIpc) is 2.30. The highest BCUT2D eigenvalue weighted by Gasteiger charge is 2.29. The van der Waals surface area contributed by atoms with E-state index in [1.807, 2.05) is 7.05 Å². The fourth-order valence-electron chi connectivity index (χ4n) is 1.96. The standard InChI is InChI=1S/C14H18FNO3/c1-9(17)8-18-12-3-10(15)4-13(7-12)19-14-5-11(6-14)16-2/h3-4,7,11,14,16H,5-6,8H2,1-2H3. The zero-order valence-corrected chi connectivity index (χ0v) is 11.1. The number of benzene rings is 1. The van der Waals surface area contributed by atoms with Crippen LogP contribution in [0.15, 0.2) is 18.2 Å². The summed E-state index contributed by atoms with van der Waals surface area (Å²) in [6.45, 7) is 1.36. The molecule has 0 aliphatic heterocycles. The van der Waals surface area contributed by atoms with Gasteiger partial charge in [0.1, 0.15) is 30.0 Å². The maximum absolute atomic E-state index is 13.4. The highest BCUT2D eigenvalue weighted by molar-refractivity contribution is 5.77. The Morgan fingerprint density at radius 2 is 2.05 bits per heavy atom. The smallest absolute Gasteiger partial charge is 0.167 e. The van der Waals surface area contributed by atoms with E-state index < -0.39 is 5.82 Å². The van der Waals surface area contributed by atoms with E-state index in [4.69, 9.17) is 9.47 Å². The number of ether oxygens (including phenoxy) is 2. The van der Waals surface area contributed by atoms with Crippen LogP contribution in [0, 0.1) is 5.82 Å². The SMILES string of the molecule is CNC1CC(Oc2cc(F)cc(OCC(C)=O)c2)C1. The molecule has 5 heteroatoms. The van der Waals surface area contributed by atoms with E-state index in [2.05, 4.69) is 5.32 Å². The van der Waals surface area contributed by atoms with Crippen LogP contribution >= 0.6 is 0 Å². The summed E-state index contributed by atoms with van der Waals surface area (Å²) in [5.74, 6) is 0.218. The van der Waals surface area contributed by atoms with Gasteiger partial charge in [-0.15, -0.1) is 0 Å². The third-order valence-electron chi connectivity index (χ3n) is 3.09. The summed E-state index contributed by atoms with van der Waals surface area (Å²) in [6, 6.07) is 4.66. The Hall–Kier alpha value is -1.62. The maximum atomic E-state index is 13.4. The minimum absolute atomic E-state index is 0.0614. The molecule has 0 amide bonds. The monoisotopic (exact) mass is 267 g/mol. The summed E-state index contributed by atoms with van der Waals surface area (Å²) in [6.07, 6.45) is 1.94. The normalized spacial score (nSPS) is 21.6. The molecule has 0 spiro atoms. The molecule has 0 aromatic heterocycles. The van der Waals surface area contributed by atoms with Gasteiger partial charge in [-0.3, -0.25) is 4.79 Å². The minimum atomic E-state index is -0.430. The lowest BCUT2D eigenvalue weighted by Gasteiger charge is -2.35. The largest absolute Gasteiger partial charge is 0.490 e. The Kier molecular flexibility index (Phi) is 4.37. The number of hydrogen-bond acceptors (Lipinski definition) is 4. The second-order valence-corrected chi connectivity index (χ2v) is 4.81. The molecule has 2 rings (SSSR count). The van der Waals surface area contributed by atoms with Gasteiger partial charge in [0, 0.05) is 24.2 Å². The second kappa shape index (κ2) is 6.02. The summed E-state index contributed by atoms with van der Waals surface area (Å²) in [4.78, 5) is 10.8. The van der Waals surface area contributed by atoms with Crippen molar-refractivity contribution in [3.8, 4) is 11.5 Å². The van der Waals surface area contributed by atoms with Crippen LogP contribution in [0.3, 0.4) is 0 Å². The van der Waals surface area contributed by atoms with Crippen LogP contribution in [0.25, 0.3) is 0 Å². The van der Waals surface area contributed by atoms with Gasteiger partial charge in [0.2, 0.25) is 0 Å². The van der Waals surface area contributed by atoms with Crippen LogP contribution < -0.4 is 14.8 Å². The Bertz CT molecular complexity index is 458. The van der Waals surface area contributed by atoms with Crippen LogP contribution in [-0.4, -0.2) is 31.6 Å². The van der Waals surface area contributed by atoms with Crippen molar-refractivity contribution in [1.82, 2.24) is 5.32 Å². The van der Waals surface area contributed by atoms with Gasteiger partial charge in [0.15, 0.2) is 5.78 Å². The van der Waals surface area contributed by atoms with Crippen LogP contribution in [-0.2, 0) is 4.79 Å². The molecule has 104 valence electrons. The molecule has 1 aliphatic rings. The molecule has 1 fully saturated rings. The second-order valence-electron chi connectivity index (χ2n) is 4.81. The maximum Gasteiger partial charge on any atom is 0.167 e. The first-order valence-electron chi connectivity index (χ1n) is 6.33. The van der Waals surface area contributed by atoms with Crippen molar-refractivity contribution in [3.05, 3.63) is 24.0 Å². The molecule has 4 nitrogen and oxygen atoms in total. The van der Waals surface area contributed by atoms with Gasteiger partial charge < -0.3 is 14.8 Å². The van der Waals surface area contributed by atoms with Crippen LogP contribution in [0.2, 0.25) is 0 Å². The van der Waals surface area contributed by atoms with Crippen molar-refractivity contribution in [3.63, 3.8) is 0 Å². The summed E-state index contributed by atoms with van der Waals surface area (Å²) in [7, 11) is 1.91. The summed E-state index contributed by atoms with van der Waals surface area (Å²) in [5.41, 5.74) is 0. The highest BCUT2D eigenvalue weighted by atomic mass is 19.1. The molecular weight excluding hydrogens is 249 g/mol. The highest BCUT2D eigenvalue weighted by Crippen LogP contribution is 2.28. The zero-order chi connectivity index (χ0) is 13.8. The van der Waals surface area contributed by atoms with Crippen molar-refractivity contribution < 1.29 is 18.7 Å². The molecule has 0 heterocycles. The van der Waals surface area contributed by atoms with Crippen LogP contribution in [0.1, 0.15) is 19.8 Å². The molecule has 1 saturated carbocycles. The number of hydrogen-bond donors (Lipinski definition) is 1. The van der Waals surface area contributed by atoms with E-state index in [-0.39, 0.29) is 18.5 Å². The number of halogens is 1. The van der Waals surface area contributed by atoms with Crippen LogP contribution in [0.5, 0.6) is 11.5 Å². The van der Waals surface area contributed by atoms with E-state index in [1.54, 1.807) is 6.07 Å². The number of ketones is 1. The molecule has 0 bridgehead atoms. The summed E-state index contributed by atoms with van der Waals surface area (Å²) >= 11 is 0. The first kappa shape index (κ1) is 13.8. The van der Waals surface area contributed by atoms with Crippen molar-refractivity contribution in [2.24, 2.45) is 0 Å². The molecule has 1 aliphatic carbocycles. The lowest BCUT2D eigenvalue weighted by atomic mass is 9.89. The van der Waals surface area contributed by atoms with Gasteiger partial charge in [-0.2, -0.15) is 0 Å². The van der Waals surface area contributed by atoms with E-state index >= 15 is 0 Å². The molecule has 0 unspecified atom stereocenters. The third-order valence-corrected chi connectivity index (χ3v) is 3.09. The van der Waals surface area contributed by atoms with Crippen molar-refractivity contribution in [2.45, 2.75) is 31.9 Å². The number of Topliss-reactive ketones (excluding diaryl/α,β-unsaturated/α-hetero) is 1. The lowest BCUT2D eigenvalue weighted by molar-refractivity contribution is -0.118. The Morgan fingerprint density at radius 1 is 1.37 bits per heavy atom. The quantitative estimate of drug-likeness (QED) is 0.855. The molecule has 19 heavy (non-hydrogen) atoms. The van der Waals surface area contributed by atoms with Gasteiger partial charge in [-0.1, -0.05) is 0 Å². The van der Waals surface area contributed by atoms with Gasteiger partial charge in [0.25, 0.3) is 0 Å². The number of carbonyl (C=O) groups excluding carboxylic acids is 1. The predicted molar refractivity (Wildman–Crippen MR) is 69.1 cm³/mol. The molecule has 0 atom stereocenters. The van der Waals surface area contributed by atoms with Crippen LogP contribution in [0.4, 0.5) is 4.39 Å². The predicted octanol–water partition coefficient (Wildman–Crippen LogP) is 1.92. The third kappa shape index (κ3) is 3.92. The van der Waals surface area contributed by atoms with Crippen molar-refractivity contribution in [2.75, 3.05) is 13.7 Å². The Morgan fingerprint density at radius 3 is 2.68 bits per heavy atom. The van der Waals surface area contributed by atoms with E-state index in [9.17, 15) is 9.18 Å². The lowest BCUT2D eigenvalue weighted by Crippen LogP contribution is -2.45. The van der Waals surface area contributed by atoms with Gasteiger partial charge in [-0.25, -0.2) is 4.39 Å². The Balaban J connectivity index is 1.95. The van der Waals surface area contributed by atoms with E-state index in [0.29, 0.717) is 17.5 Å². The minimum Gasteiger partial charge on any atom is -0.490 e. The molecule has 1 aromatic carbocycles. The Labute approximate surface area is 111 Å². The fourth-order valence-corrected chi connectivity index (χ4v) is 1.96. The van der Waals surface area contributed by atoms with E-state index in [0.717, 1.165) is 12.8 Å². The number of carbonyl (C=O) groups is 1. The van der Waals surface area contributed by atoms with Gasteiger partial charge in [-0.05, 0) is 26.8 Å². The van der Waals surface area contributed by atoms with E-state index in [1.165, 1.54) is 19.1 Å². The van der Waals surface area contributed by atoms with Crippen molar-refractivity contribution in [1.29, 1.82) is 0 Å². The molecule has 0 saturated heterocycles. The van der Waals surface area contributed by atoms with Gasteiger partial charge in [0.05, 0.1) is 0 Å². The fraction of sp³-hybridized carbons (Fsp3) is 0.500. The first-order chi connectivity index (χ1) is 9.06. The van der Waals surface area contributed by atoms with Crippen molar-refractivity contribution >= 4 is 5.78 Å². The number of rotatable bonds is 6. The zero-order valence-electron chi connectivity index (χ0n) is 11.1. The molecular formula is C14H18FNO3. The molecule has 0 radical (unpaired) electrons. The topological polar surface area (TPSA) is 47.6 Å². The van der Waals surface area contributed by atoms with Gasteiger partial charge >= 0.3 is 0 Å². The summed E-state index contributed by atoms with van der Waals surface area (Å²) in [5, 5.41) is 3.16. The first-order valence-corrected chi connectivity index (χ1v) is 6.33. The molecule has 1 N–H and O–H groups in total. The molecule has 1 aromatic rings. The number of nitrogens with one attached hydrogen (secondary N) is 1.